The minimum Gasteiger partial charge on any atom is -0.452 e. The third-order valence-corrected chi connectivity index (χ3v) is 5.47. The molecular formula is C23H27N3O5. The molecule has 0 saturated carbocycles. The second-order valence-electron chi connectivity index (χ2n) is 7.81. The van der Waals surface area contributed by atoms with Crippen molar-refractivity contribution < 1.29 is 14.3 Å². The van der Waals surface area contributed by atoms with Gasteiger partial charge in [0.15, 0.2) is 6.61 Å². The van der Waals surface area contributed by atoms with Crippen LogP contribution in [0.1, 0.15) is 48.1 Å². The highest BCUT2D eigenvalue weighted by molar-refractivity contribution is 5.89. The van der Waals surface area contributed by atoms with Gasteiger partial charge in [0.1, 0.15) is 0 Å². The number of ether oxygens (including phenoxy) is 1. The van der Waals surface area contributed by atoms with E-state index in [1.54, 1.807) is 0 Å². The van der Waals surface area contributed by atoms with Gasteiger partial charge in [0.2, 0.25) is 0 Å². The molecule has 0 aliphatic heterocycles. The number of carbonyl (C=O) groups is 2. The molecule has 0 bridgehead atoms. The molecule has 1 N–H and O–H groups in total. The van der Waals surface area contributed by atoms with Gasteiger partial charge < -0.3 is 14.6 Å². The van der Waals surface area contributed by atoms with E-state index in [4.69, 9.17) is 4.74 Å². The summed E-state index contributed by atoms with van der Waals surface area (Å²) in [6, 6.07) is 6.09. The second-order valence-corrected chi connectivity index (χ2v) is 7.81. The van der Waals surface area contributed by atoms with Crippen LogP contribution in [0.5, 0.6) is 0 Å². The zero-order chi connectivity index (χ0) is 22.5. The molecule has 8 nitrogen and oxygen atoms in total. The predicted molar refractivity (Wildman–Crippen MR) is 117 cm³/mol. The SMILES string of the molecule is CC(NC(=O)COC(=O)/C=C/c1cn(C)c(=O)n(C)c1=O)c1ccc2c(c1)CCCC2. The molecule has 0 saturated heterocycles. The first-order valence-electron chi connectivity index (χ1n) is 10.3. The summed E-state index contributed by atoms with van der Waals surface area (Å²) in [4.78, 5) is 47.8. The van der Waals surface area contributed by atoms with Crippen molar-refractivity contribution in [1.82, 2.24) is 14.5 Å². The molecule has 0 spiro atoms. The summed E-state index contributed by atoms with van der Waals surface area (Å²) in [6.45, 7) is 1.46. The first kappa shape index (κ1) is 22.3. The minimum atomic E-state index is -0.757. The third-order valence-electron chi connectivity index (χ3n) is 5.47. The van der Waals surface area contributed by atoms with Crippen molar-refractivity contribution >= 4 is 18.0 Å². The Morgan fingerprint density at radius 3 is 2.61 bits per heavy atom. The number of aromatic nitrogens is 2. The number of carbonyl (C=O) groups excluding carboxylic acids is 2. The van der Waals surface area contributed by atoms with Crippen LogP contribution >= 0.6 is 0 Å². The van der Waals surface area contributed by atoms with Gasteiger partial charge in [-0.25, -0.2) is 9.59 Å². The summed E-state index contributed by atoms with van der Waals surface area (Å²) in [5.74, 6) is -1.17. The number of fused-ring (bicyclic) bond motifs is 1. The Morgan fingerprint density at radius 1 is 1.16 bits per heavy atom. The Morgan fingerprint density at radius 2 is 1.87 bits per heavy atom. The molecule has 1 aromatic heterocycles. The zero-order valence-corrected chi connectivity index (χ0v) is 18.0. The molecule has 0 fully saturated rings. The van der Waals surface area contributed by atoms with Gasteiger partial charge in [-0.2, -0.15) is 0 Å². The summed E-state index contributed by atoms with van der Waals surface area (Å²) in [5, 5.41) is 2.83. The van der Waals surface area contributed by atoms with Crippen LogP contribution in [0, 0.1) is 0 Å². The maximum Gasteiger partial charge on any atom is 0.331 e. The Bertz CT molecular complexity index is 1140. The van der Waals surface area contributed by atoms with E-state index in [2.05, 4.69) is 17.4 Å². The zero-order valence-electron chi connectivity index (χ0n) is 18.0. The predicted octanol–water partition coefficient (Wildman–Crippen LogP) is 1.40. The molecule has 1 aromatic carbocycles. The van der Waals surface area contributed by atoms with Crippen molar-refractivity contribution in [2.75, 3.05) is 6.61 Å². The molecule has 1 aliphatic rings. The van der Waals surface area contributed by atoms with Crippen LogP contribution in [-0.4, -0.2) is 27.6 Å². The normalized spacial score (nSPS) is 14.2. The van der Waals surface area contributed by atoms with E-state index in [0.717, 1.165) is 29.0 Å². The highest BCUT2D eigenvalue weighted by atomic mass is 16.5. The lowest BCUT2D eigenvalue weighted by Gasteiger charge is -2.20. The van der Waals surface area contributed by atoms with Crippen molar-refractivity contribution in [3.05, 3.63) is 73.6 Å². The summed E-state index contributed by atoms with van der Waals surface area (Å²) in [6.07, 6.45) is 8.22. The molecule has 1 heterocycles. The number of esters is 1. The minimum absolute atomic E-state index is 0.159. The van der Waals surface area contributed by atoms with Gasteiger partial charge >= 0.3 is 11.7 Å². The summed E-state index contributed by atoms with van der Waals surface area (Å²) >= 11 is 0. The lowest BCUT2D eigenvalue weighted by atomic mass is 9.89. The standard InChI is InChI=1S/C23H27N3O5/c1-15(17-9-8-16-6-4-5-7-18(16)12-17)24-20(27)14-31-21(28)11-10-19-13-25(2)23(30)26(3)22(19)29/h8-13,15H,4-7,14H2,1-3H3,(H,24,27)/b11-10+. The molecular weight excluding hydrogens is 398 g/mol. The van der Waals surface area contributed by atoms with Crippen molar-refractivity contribution in [2.45, 2.75) is 38.6 Å². The Hall–Kier alpha value is -3.42. The summed E-state index contributed by atoms with van der Waals surface area (Å²) in [5.41, 5.74) is 2.91. The average Bonchev–Trinajstić information content (AvgIpc) is 2.77. The maximum absolute atomic E-state index is 12.2. The van der Waals surface area contributed by atoms with Crippen LogP contribution in [0.4, 0.5) is 0 Å². The van der Waals surface area contributed by atoms with E-state index in [1.165, 1.54) is 54.9 Å². The highest BCUT2D eigenvalue weighted by Crippen LogP contribution is 2.24. The molecule has 8 heteroatoms. The van der Waals surface area contributed by atoms with E-state index in [0.29, 0.717) is 0 Å². The molecule has 1 unspecified atom stereocenters. The van der Waals surface area contributed by atoms with Gasteiger partial charge in [-0.1, -0.05) is 18.2 Å². The number of amides is 1. The Labute approximate surface area is 180 Å². The van der Waals surface area contributed by atoms with Gasteiger partial charge in [0.25, 0.3) is 11.5 Å². The topological polar surface area (TPSA) is 99.4 Å². The average molecular weight is 425 g/mol. The number of nitrogens with zero attached hydrogens (tertiary/aromatic N) is 2. The van der Waals surface area contributed by atoms with Gasteiger partial charge in [-0.3, -0.25) is 14.2 Å². The Balaban J connectivity index is 1.54. The Kier molecular flexibility index (Phi) is 6.89. The van der Waals surface area contributed by atoms with Gasteiger partial charge in [-0.15, -0.1) is 0 Å². The van der Waals surface area contributed by atoms with Gasteiger partial charge in [0.05, 0.1) is 11.6 Å². The number of aryl methyl sites for hydroxylation is 3. The van der Waals surface area contributed by atoms with Crippen LogP contribution in [-0.2, 0) is 41.3 Å². The fraction of sp³-hybridized carbons (Fsp3) is 0.391. The summed E-state index contributed by atoms with van der Waals surface area (Å²) < 4.78 is 7.14. The summed E-state index contributed by atoms with van der Waals surface area (Å²) in [7, 11) is 2.86. The fourth-order valence-electron chi connectivity index (χ4n) is 3.68. The fourth-order valence-corrected chi connectivity index (χ4v) is 3.68. The van der Waals surface area contributed by atoms with Crippen molar-refractivity contribution in [3.8, 4) is 0 Å². The first-order chi connectivity index (χ1) is 14.8. The highest BCUT2D eigenvalue weighted by Gasteiger charge is 2.15. The largest absolute Gasteiger partial charge is 0.452 e. The molecule has 1 atom stereocenters. The van der Waals surface area contributed by atoms with E-state index in [1.807, 2.05) is 13.0 Å². The third kappa shape index (κ3) is 5.39. The number of hydrogen-bond donors (Lipinski definition) is 1. The van der Waals surface area contributed by atoms with Crippen LogP contribution in [0.2, 0.25) is 0 Å². The molecule has 31 heavy (non-hydrogen) atoms. The first-order valence-corrected chi connectivity index (χ1v) is 10.3. The molecule has 1 amide bonds. The lowest BCUT2D eigenvalue weighted by Crippen LogP contribution is -2.37. The second kappa shape index (κ2) is 9.59. The van der Waals surface area contributed by atoms with Crippen LogP contribution in [0.15, 0.2) is 40.1 Å². The smallest absolute Gasteiger partial charge is 0.331 e. The van der Waals surface area contributed by atoms with Gasteiger partial charge in [-0.05, 0) is 55.4 Å². The van der Waals surface area contributed by atoms with Crippen molar-refractivity contribution in [1.29, 1.82) is 0 Å². The molecule has 0 radical (unpaired) electrons. The van der Waals surface area contributed by atoms with Crippen LogP contribution < -0.4 is 16.6 Å². The molecule has 2 aromatic rings. The van der Waals surface area contributed by atoms with Crippen molar-refractivity contribution in [3.63, 3.8) is 0 Å². The lowest BCUT2D eigenvalue weighted by molar-refractivity contribution is -0.144. The monoisotopic (exact) mass is 425 g/mol. The number of benzene rings is 1. The van der Waals surface area contributed by atoms with Crippen molar-refractivity contribution in [2.24, 2.45) is 14.1 Å². The van der Waals surface area contributed by atoms with E-state index in [-0.39, 0.29) is 11.6 Å². The number of nitrogens with one attached hydrogen (secondary N) is 1. The van der Waals surface area contributed by atoms with E-state index in [9.17, 15) is 19.2 Å². The molecule has 3 rings (SSSR count). The maximum atomic E-state index is 12.2. The van der Waals surface area contributed by atoms with E-state index < -0.39 is 29.7 Å². The molecule has 164 valence electrons. The van der Waals surface area contributed by atoms with Gasteiger partial charge in [0, 0.05) is 26.4 Å². The molecule has 1 aliphatic carbocycles. The number of hydrogen-bond acceptors (Lipinski definition) is 5. The van der Waals surface area contributed by atoms with E-state index >= 15 is 0 Å². The quantitative estimate of drug-likeness (QED) is 0.557. The number of rotatable bonds is 6. The van der Waals surface area contributed by atoms with Crippen LogP contribution in [0.3, 0.4) is 0 Å². The van der Waals surface area contributed by atoms with Crippen LogP contribution in [0.25, 0.3) is 6.08 Å².